The fourth-order valence-corrected chi connectivity index (χ4v) is 6.41. The molecule has 2 aliphatic rings. The summed E-state index contributed by atoms with van der Waals surface area (Å²) in [5.74, 6) is 0.750. The van der Waals surface area contributed by atoms with Gasteiger partial charge in [-0.25, -0.2) is 13.4 Å². The highest BCUT2D eigenvalue weighted by molar-refractivity contribution is 7.92. The summed E-state index contributed by atoms with van der Waals surface area (Å²) in [6.07, 6.45) is 2.44. The van der Waals surface area contributed by atoms with Crippen molar-refractivity contribution in [3.8, 4) is 0 Å². The predicted molar refractivity (Wildman–Crippen MR) is 128 cm³/mol. The normalized spacial score (nSPS) is 18.3. The number of anilines is 2. The fraction of sp³-hybridized carbons (Fsp3) is 0.280. The van der Waals surface area contributed by atoms with Crippen LogP contribution < -0.4 is 9.21 Å². The van der Waals surface area contributed by atoms with Crippen LogP contribution >= 0.6 is 0 Å². The molecule has 0 N–H and O–H groups in total. The van der Waals surface area contributed by atoms with Crippen molar-refractivity contribution in [2.75, 3.05) is 35.4 Å². The van der Waals surface area contributed by atoms with Crippen LogP contribution in [0.4, 0.5) is 11.5 Å². The number of aromatic nitrogens is 1. The quantitative estimate of drug-likeness (QED) is 0.595. The van der Waals surface area contributed by atoms with Gasteiger partial charge in [-0.1, -0.05) is 30.3 Å². The van der Waals surface area contributed by atoms with Crippen LogP contribution in [-0.2, 0) is 16.4 Å². The lowest BCUT2D eigenvalue weighted by molar-refractivity contribution is 0.0746. The Balaban J connectivity index is 1.35. The van der Waals surface area contributed by atoms with Gasteiger partial charge in [0.05, 0.1) is 10.6 Å². The van der Waals surface area contributed by atoms with Crippen LogP contribution in [0.15, 0.2) is 77.8 Å². The Kier molecular flexibility index (Phi) is 5.54. The number of hydrogen-bond donors (Lipinski definition) is 0. The minimum absolute atomic E-state index is 0.143. The molecule has 0 bridgehead atoms. The third-order valence-corrected chi connectivity index (χ3v) is 8.25. The molecule has 1 unspecified atom stereocenters. The third-order valence-electron chi connectivity index (χ3n) is 6.32. The molecule has 7 nitrogen and oxygen atoms in total. The molecular weight excluding hydrogens is 436 g/mol. The predicted octanol–water partition coefficient (Wildman–Crippen LogP) is 3.18. The number of carbonyl (C=O) groups is 1. The number of hydrogen-bond acceptors (Lipinski definition) is 5. The number of fused-ring (bicyclic) bond motifs is 1. The van der Waals surface area contributed by atoms with Crippen LogP contribution in [0.25, 0.3) is 0 Å². The Morgan fingerprint density at radius 3 is 2.45 bits per heavy atom. The molecule has 0 spiro atoms. The van der Waals surface area contributed by atoms with E-state index < -0.39 is 10.0 Å². The summed E-state index contributed by atoms with van der Waals surface area (Å²) in [6, 6.07) is 19.6. The SMILES string of the molecule is CC1Cc2ccccc2N1S(=O)(=O)c1cccc(C(=O)N2CCN(c3ccccn3)CC2)c1. The maximum atomic E-state index is 13.5. The van der Waals surface area contributed by atoms with Gasteiger partial charge in [0.15, 0.2) is 0 Å². The second kappa shape index (κ2) is 8.51. The van der Waals surface area contributed by atoms with Gasteiger partial charge in [-0.2, -0.15) is 0 Å². The monoisotopic (exact) mass is 462 g/mol. The van der Waals surface area contributed by atoms with Crippen molar-refractivity contribution in [1.82, 2.24) is 9.88 Å². The molecule has 3 aromatic rings. The molecule has 170 valence electrons. The first-order valence-electron chi connectivity index (χ1n) is 11.1. The van der Waals surface area contributed by atoms with E-state index in [1.807, 2.05) is 49.4 Å². The third kappa shape index (κ3) is 3.95. The zero-order valence-corrected chi connectivity index (χ0v) is 19.3. The van der Waals surface area contributed by atoms with Crippen molar-refractivity contribution in [3.05, 3.63) is 84.1 Å². The van der Waals surface area contributed by atoms with Crippen molar-refractivity contribution < 1.29 is 13.2 Å². The van der Waals surface area contributed by atoms with Gasteiger partial charge in [0.25, 0.3) is 15.9 Å². The zero-order valence-electron chi connectivity index (χ0n) is 18.5. The minimum Gasteiger partial charge on any atom is -0.353 e. The Bertz CT molecular complexity index is 1270. The van der Waals surface area contributed by atoms with E-state index in [1.165, 1.54) is 10.4 Å². The van der Waals surface area contributed by atoms with Crippen LogP contribution in [0.1, 0.15) is 22.8 Å². The number of benzene rings is 2. The van der Waals surface area contributed by atoms with Crippen molar-refractivity contribution >= 4 is 27.4 Å². The van der Waals surface area contributed by atoms with Gasteiger partial charge in [-0.05, 0) is 55.3 Å². The van der Waals surface area contributed by atoms with Crippen LogP contribution in [0.3, 0.4) is 0 Å². The highest BCUT2D eigenvalue weighted by Gasteiger charge is 2.36. The molecule has 1 saturated heterocycles. The largest absolute Gasteiger partial charge is 0.353 e. The van der Waals surface area contributed by atoms with E-state index >= 15 is 0 Å². The van der Waals surface area contributed by atoms with E-state index in [4.69, 9.17) is 0 Å². The van der Waals surface area contributed by atoms with Crippen LogP contribution in [-0.4, -0.2) is 56.4 Å². The second-order valence-corrected chi connectivity index (χ2v) is 10.3. The lowest BCUT2D eigenvalue weighted by Crippen LogP contribution is -2.49. The minimum atomic E-state index is -3.79. The number of sulfonamides is 1. The van der Waals surface area contributed by atoms with Crippen LogP contribution in [0, 0.1) is 0 Å². The average molecular weight is 463 g/mol. The number of nitrogens with zero attached hydrogens (tertiary/aromatic N) is 4. The molecule has 1 fully saturated rings. The summed E-state index contributed by atoms with van der Waals surface area (Å²) in [5.41, 5.74) is 2.13. The highest BCUT2D eigenvalue weighted by Crippen LogP contribution is 2.36. The Labute approximate surface area is 194 Å². The van der Waals surface area contributed by atoms with E-state index in [2.05, 4.69) is 9.88 Å². The number of amides is 1. The number of pyridine rings is 1. The number of rotatable bonds is 4. The topological polar surface area (TPSA) is 73.8 Å². The Morgan fingerprint density at radius 1 is 0.939 bits per heavy atom. The molecule has 0 saturated carbocycles. The van der Waals surface area contributed by atoms with Crippen molar-refractivity contribution in [2.24, 2.45) is 0 Å². The summed E-state index contributed by atoms with van der Waals surface area (Å²) in [6.45, 7) is 4.39. The van der Waals surface area contributed by atoms with Crippen LogP contribution in [0.2, 0.25) is 0 Å². The van der Waals surface area contributed by atoms with Crippen molar-refractivity contribution in [2.45, 2.75) is 24.3 Å². The lowest BCUT2D eigenvalue weighted by atomic mass is 10.1. The van der Waals surface area contributed by atoms with Gasteiger partial charge in [0.2, 0.25) is 0 Å². The van der Waals surface area contributed by atoms with Gasteiger partial charge >= 0.3 is 0 Å². The van der Waals surface area contributed by atoms with Gasteiger partial charge in [0.1, 0.15) is 5.82 Å². The second-order valence-electron chi connectivity index (χ2n) is 8.48. The maximum Gasteiger partial charge on any atom is 0.264 e. The van der Waals surface area contributed by atoms with E-state index in [9.17, 15) is 13.2 Å². The molecule has 1 atom stereocenters. The van der Waals surface area contributed by atoms with Gasteiger partial charge in [-0.3, -0.25) is 9.10 Å². The molecule has 33 heavy (non-hydrogen) atoms. The van der Waals surface area contributed by atoms with E-state index in [-0.39, 0.29) is 16.8 Å². The van der Waals surface area contributed by atoms with E-state index in [0.717, 1.165) is 11.4 Å². The summed E-state index contributed by atoms with van der Waals surface area (Å²) in [5, 5.41) is 0. The molecule has 2 aromatic carbocycles. The first-order chi connectivity index (χ1) is 15.9. The van der Waals surface area contributed by atoms with Gasteiger partial charge in [-0.15, -0.1) is 0 Å². The molecule has 8 heteroatoms. The smallest absolute Gasteiger partial charge is 0.264 e. The molecule has 1 amide bonds. The van der Waals surface area contributed by atoms with Gasteiger partial charge in [0, 0.05) is 44.0 Å². The first kappa shape index (κ1) is 21.5. The summed E-state index contributed by atoms with van der Waals surface area (Å²) >= 11 is 0. The average Bonchev–Trinajstić information content (AvgIpc) is 3.21. The molecule has 1 aromatic heterocycles. The number of para-hydroxylation sites is 1. The zero-order chi connectivity index (χ0) is 23.0. The summed E-state index contributed by atoms with van der Waals surface area (Å²) < 4.78 is 28.6. The number of carbonyl (C=O) groups excluding carboxylic acids is 1. The Hall–Kier alpha value is -3.39. The lowest BCUT2D eigenvalue weighted by Gasteiger charge is -2.35. The molecule has 0 aliphatic carbocycles. The first-order valence-corrected chi connectivity index (χ1v) is 12.6. The number of piperazine rings is 1. The van der Waals surface area contributed by atoms with E-state index in [0.29, 0.717) is 43.9 Å². The maximum absolute atomic E-state index is 13.5. The van der Waals surface area contributed by atoms with Crippen molar-refractivity contribution in [1.29, 1.82) is 0 Å². The molecular formula is C25H26N4O3S. The summed E-state index contributed by atoms with van der Waals surface area (Å²) in [4.78, 5) is 21.6. The van der Waals surface area contributed by atoms with Crippen molar-refractivity contribution in [3.63, 3.8) is 0 Å². The molecule has 3 heterocycles. The van der Waals surface area contributed by atoms with E-state index in [1.54, 1.807) is 29.3 Å². The molecule has 0 radical (unpaired) electrons. The summed E-state index contributed by atoms with van der Waals surface area (Å²) in [7, 11) is -3.79. The highest BCUT2D eigenvalue weighted by atomic mass is 32.2. The fourth-order valence-electron chi connectivity index (χ4n) is 4.67. The standard InChI is InChI=1S/C25H26N4O3S/c1-19-17-20-7-2-3-10-23(20)29(19)33(31,32)22-9-6-8-21(18-22)25(30)28-15-13-27(14-16-28)24-11-4-5-12-26-24/h2-12,18-19H,13-17H2,1H3. The molecule has 5 rings (SSSR count). The molecule has 2 aliphatic heterocycles. The van der Waals surface area contributed by atoms with Gasteiger partial charge < -0.3 is 9.80 Å². The van der Waals surface area contributed by atoms with Crippen LogP contribution in [0.5, 0.6) is 0 Å². The Morgan fingerprint density at radius 2 is 1.70 bits per heavy atom.